The van der Waals surface area contributed by atoms with E-state index in [9.17, 15) is 4.79 Å². The molecule has 2 aromatic rings. The zero-order valence-corrected chi connectivity index (χ0v) is 14.4. The molecule has 1 amide bonds. The molecule has 1 aliphatic rings. The summed E-state index contributed by atoms with van der Waals surface area (Å²) in [7, 11) is 0. The molecule has 0 aromatic carbocycles. The lowest BCUT2D eigenvalue weighted by Crippen LogP contribution is -2.45. The molecule has 2 aromatic heterocycles. The lowest BCUT2D eigenvalue weighted by atomic mass is 10.00. The quantitative estimate of drug-likeness (QED) is 0.883. The number of nitrogens with one attached hydrogen (secondary N) is 1. The largest absolute Gasteiger partial charge is 0.454 e. The van der Waals surface area contributed by atoms with Gasteiger partial charge in [0.2, 0.25) is 0 Å². The number of amides is 1. The van der Waals surface area contributed by atoms with Gasteiger partial charge in [-0.25, -0.2) is 4.98 Å². The molecule has 1 fully saturated rings. The predicted octanol–water partition coefficient (Wildman–Crippen LogP) is 2.37. The van der Waals surface area contributed by atoms with E-state index in [1.165, 1.54) is 12.8 Å². The highest BCUT2D eigenvalue weighted by molar-refractivity contribution is 5.91. The summed E-state index contributed by atoms with van der Waals surface area (Å²) in [6.45, 7) is 8.05. The van der Waals surface area contributed by atoms with E-state index in [0.717, 1.165) is 31.3 Å². The van der Waals surface area contributed by atoms with Gasteiger partial charge in [-0.1, -0.05) is 6.92 Å². The Morgan fingerprint density at radius 2 is 2.38 bits per heavy atom. The van der Waals surface area contributed by atoms with Crippen LogP contribution in [0, 0.1) is 5.92 Å². The van der Waals surface area contributed by atoms with Gasteiger partial charge in [0, 0.05) is 31.5 Å². The Hall–Kier alpha value is -2.08. The van der Waals surface area contributed by atoms with Gasteiger partial charge in [0.05, 0.1) is 12.9 Å². The van der Waals surface area contributed by atoms with Gasteiger partial charge in [0.25, 0.3) is 5.91 Å². The summed E-state index contributed by atoms with van der Waals surface area (Å²) in [6, 6.07) is 3.67. The first-order chi connectivity index (χ1) is 11.6. The molecular weight excluding hydrogens is 304 g/mol. The second kappa shape index (κ2) is 7.66. The number of rotatable bonds is 6. The van der Waals surface area contributed by atoms with Crippen LogP contribution >= 0.6 is 0 Å². The van der Waals surface area contributed by atoms with Crippen molar-refractivity contribution in [2.24, 2.45) is 5.92 Å². The van der Waals surface area contributed by atoms with Gasteiger partial charge in [-0.15, -0.1) is 0 Å². The molecule has 24 heavy (non-hydrogen) atoms. The molecule has 1 aliphatic heterocycles. The van der Waals surface area contributed by atoms with Crippen LogP contribution in [0.5, 0.6) is 0 Å². The molecule has 2 atom stereocenters. The highest BCUT2D eigenvalue weighted by atomic mass is 16.4. The summed E-state index contributed by atoms with van der Waals surface area (Å²) in [6.07, 6.45) is 7.87. The highest BCUT2D eigenvalue weighted by Gasteiger charge is 2.20. The van der Waals surface area contributed by atoms with Crippen LogP contribution in [0.1, 0.15) is 43.0 Å². The van der Waals surface area contributed by atoms with Crippen LogP contribution in [0.2, 0.25) is 0 Å². The van der Waals surface area contributed by atoms with Crippen molar-refractivity contribution in [3.8, 4) is 0 Å². The molecule has 0 saturated carbocycles. The van der Waals surface area contributed by atoms with Crippen molar-refractivity contribution in [2.45, 2.75) is 39.3 Å². The predicted molar refractivity (Wildman–Crippen MR) is 91.8 cm³/mol. The lowest BCUT2D eigenvalue weighted by molar-refractivity contribution is 0.0890. The fourth-order valence-corrected chi connectivity index (χ4v) is 3.33. The summed E-state index contributed by atoms with van der Waals surface area (Å²) in [5, 5.41) is 3.04. The SMILES string of the molecule is CC1CCCN(CC(C)NC(=O)c2ccc(Cn3ccnc3)o2)C1. The van der Waals surface area contributed by atoms with Gasteiger partial charge in [-0.3, -0.25) is 4.79 Å². The summed E-state index contributed by atoms with van der Waals surface area (Å²) in [4.78, 5) is 18.8. The minimum Gasteiger partial charge on any atom is -0.454 e. The van der Waals surface area contributed by atoms with E-state index in [-0.39, 0.29) is 11.9 Å². The number of piperidine rings is 1. The van der Waals surface area contributed by atoms with Crippen molar-refractivity contribution in [3.05, 3.63) is 42.4 Å². The van der Waals surface area contributed by atoms with Crippen LogP contribution < -0.4 is 5.32 Å². The molecular formula is C18H26N4O2. The number of carbonyl (C=O) groups excluding carboxylic acids is 1. The average molecular weight is 330 g/mol. The lowest BCUT2D eigenvalue weighted by Gasteiger charge is -2.32. The van der Waals surface area contributed by atoms with Crippen LogP contribution in [0.25, 0.3) is 0 Å². The summed E-state index contributed by atoms with van der Waals surface area (Å²) in [5.41, 5.74) is 0. The van der Waals surface area contributed by atoms with Crippen molar-refractivity contribution in [3.63, 3.8) is 0 Å². The van der Waals surface area contributed by atoms with Crippen molar-refractivity contribution in [1.29, 1.82) is 0 Å². The Labute approximate surface area is 142 Å². The number of nitrogens with zero attached hydrogens (tertiary/aromatic N) is 3. The van der Waals surface area contributed by atoms with E-state index in [0.29, 0.717) is 12.3 Å². The number of imidazole rings is 1. The maximum absolute atomic E-state index is 12.3. The van der Waals surface area contributed by atoms with Crippen LogP contribution in [0.4, 0.5) is 0 Å². The fraction of sp³-hybridized carbons (Fsp3) is 0.556. The van der Waals surface area contributed by atoms with E-state index < -0.39 is 0 Å². The van der Waals surface area contributed by atoms with Gasteiger partial charge in [0.15, 0.2) is 5.76 Å². The Morgan fingerprint density at radius 3 is 3.12 bits per heavy atom. The molecule has 2 unspecified atom stereocenters. The topological polar surface area (TPSA) is 63.3 Å². The monoisotopic (exact) mass is 330 g/mol. The van der Waals surface area contributed by atoms with E-state index in [1.54, 1.807) is 18.6 Å². The summed E-state index contributed by atoms with van der Waals surface area (Å²) >= 11 is 0. The minimum atomic E-state index is -0.149. The molecule has 6 heteroatoms. The number of hydrogen-bond donors (Lipinski definition) is 1. The Kier molecular flexibility index (Phi) is 5.35. The van der Waals surface area contributed by atoms with Crippen molar-refractivity contribution < 1.29 is 9.21 Å². The first-order valence-electron chi connectivity index (χ1n) is 8.68. The second-order valence-corrected chi connectivity index (χ2v) is 6.88. The van der Waals surface area contributed by atoms with Crippen LogP contribution in [0.15, 0.2) is 35.3 Å². The third-order valence-corrected chi connectivity index (χ3v) is 4.43. The summed E-state index contributed by atoms with van der Waals surface area (Å²) < 4.78 is 7.56. The molecule has 0 bridgehead atoms. The van der Waals surface area contributed by atoms with E-state index in [4.69, 9.17) is 4.42 Å². The molecule has 3 heterocycles. The zero-order valence-electron chi connectivity index (χ0n) is 14.4. The maximum Gasteiger partial charge on any atom is 0.287 e. The first-order valence-corrected chi connectivity index (χ1v) is 8.68. The smallest absolute Gasteiger partial charge is 0.287 e. The zero-order chi connectivity index (χ0) is 16.9. The van der Waals surface area contributed by atoms with Gasteiger partial charge in [-0.05, 0) is 44.4 Å². The fourth-order valence-electron chi connectivity index (χ4n) is 3.33. The first kappa shape index (κ1) is 16.8. The maximum atomic E-state index is 12.3. The molecule has 130 valence electrons. The van der Waals surface area contributed by atoms with E-state index >= 15 is 0 Å². The Bertz CT molecular complexity index is 650. The Morgan fingerprint density at radius 1 is 1.50 bits per heavy atom. The van der Waals surface area contributed by atoms with Crippen LogP contribution in [0.3, 0.4) is 0 Å². The molecule has 6 nitrogen and oxygen atoms in total. The number of aromatic nitrogens is 2. The van der Waals surface area contributed by atoms with E-state index in [2.05, 4.69) is 22.1 Å². The number of carbonyl (C=O) groups is 1. The minimum absolute atomic E-state index is 0.102. The van der Waals surface area contributed by atoms with Crippen LogP contribution in [-0.4, -0.2) is 46.0 Å². The molecule has 0 aliphatic carbocycles. The number of hydrogen-bond acceptors (Lipinski definition) is 4. The normalized spacial score (nSPS) is 20.0. The number of likely N-dealkylation sites (tertiary alicyclic amines) is 1. The van der Waals surface area contributed by atoms with Gasteiger partial charge in [-0.2, -0.15) is 0 Å². The van der Waals surface area contributed by atoms with Crippen LogP contribution in [-0.2, 0) is 6.54 Å². The molecule has 0 radical (unpaired) electrons. The van der Waals surface area contributed by atoms with Crippen molar-refractivity contribution in [2.75, 3.05) is 19.6 Å². The average Bonchev–Trinajstić information content (AvgIpc) is 3.19. The van der Waals surface area contributed by atoms with E-state index in [1.807, 2.05) is 23.8 Å². The Balaban J connectivity index is 1.50. The molecule has 1 saturated heterocycles. The standard InChI is InChI=1S/C18H26N4O2/c1-14-4-3-8-21(10-14)11-15(2)20-18(23)17-6-5-16(24-17)12-22-9-7-19-13-22/h5-7,9,13-15H,3-4,8,10-12H2,1-2H3,(H,20,23). The highest BCUT2D eigenvalue weighted by Crippen LogP contribution is 2.15. The van der Waals surface area contributed by atoms with Crippen molar-refractivity contribution in [1.82, 2.24) is 19.8 Å². The van der Waals surface area contributed by atoms with Gasteiger partial charge in [0.1, 0.15) is 5.76 Å². The molecule has 1 N–H and O–H groups in total. The van der Waals surface area contributed by atoms with Gasteiger partial charge >= 0.3 is 0 Å². The third-order valence-electron chi connectivity index (χ3n) is 4.43. The summed E-state index contributed by atoms with van der Waals surface area (Å²) in [5.74, 6) is 1.71. The number of furan rings is 1. The molecule has 3 rings (SSSR count). The molecule has 0 spiro atoms. The third kappa shape index (κ3) is 4.47. The van der Waals surface area contributed by atoms with Gasteiger partial charge < -0.3 is 19.2 Å². The second-order valence-electron chi connectivity index (χ2n) is 6.88. The van der Waals surface area contributed by atoms with Crippen molar-refractivity contribution >= 4 is 5.91 Å².